The zero-order valence-electron chi connectivity index (χ0n) is 15.6. The Bertz CT molecular complexity index is 700. The molecule has 140 valence electrons. The predicted molar refractivity (Wildman–Crippen MR) is 96.7 cm³/mol. The highest BCUT2D eigenvalue weighted by Gasteiger charge is 2.35. The fraction of sp³-hybridized carbons (Fsp3) is 0.550. The van der Waals surface area contributed by atoms with E-state index in [0.29, 0.717) is 24.5 Å². The molecule has 1 aromatic rings. The maximum Gasteiger partial charge on any atom is 0.344 e. The van der Waals surface area contributed by atoms with E-state index in [-0.39, 0.29) is 6.61 Å². The summed E-state index contributed by atoms with van der Waals surface area (Å²) in [4.78, 5) is 23.8. The summed E-state index contributed by atoms with van der Waals surface area (Å²) in [6.07, 6.45) is 3.10. The molecule has 2 rings (SSSR count). The fourth-order valence-corrected chi connectivity index (χ4v) is 3.00. The molecule has 6 nitrogen and oxygen atoms in total. The molecular weight excluding hydrogens is 332 g/mol. The second-order valence-electron chi connectivity index (χ2n) is 7.08. The van der Waals surface area contributed by atoms with Gasteiger partial charge in [0, 0.05) is 0 Å². The van der Waals surface area contributed by atoms with Crippen molar-refractivity contribution >= 4 is 11.9 Å². The van der Waals surface area contributed by atoms with E-state index in [1.165, 1.54) is 0 Å². The number of esters is 1. The molecule has 0 bridgehead atoms. The summed E-state index contributed by atoms with van der Waals surface area (Å²) >= 11 is 0. The van der Waals surface area contributed by atoms with E-state index in [2.05, 4.69) is 25.2 Å². The van der Waals surface area contributed by atoms with Gasteiger partial charge in [0.05, 0.1) is 6.07 Å². The summed E-state index contributed by atoms with van der Waals surface area (Å²) < 4.78 is 10.5. The molecule has 0 atom stereocenters. The van der Waals surface area contributed by atoms with Gasteiger partial charge in [-0.1, -0.05) is 26.0 Å². The number of nitrogens with one attached hydrogen (secondary N) is 1. The van der Waals surface area contributed by atoms with Crippen LogP contribution in [0.2, 0.25) is 0 Å². The molecule has 0 unspecified atom stereocenters. The Labute approximate surface area is 154 Å². The molecule has 1 aliphatic rings. The summed E-state index contributed by atoms with van der Waals surface area (Å²) in [6.45, 7) is 5.40. The van der Waals surface area contributed by atoms with Crippen LogP contribution in [0.5, 0.6) is 5.75 Å². The monoisotopic (exact) mass is 358 g/mol. The van der Waals surface area contributed by atoms with E-state index in [0.717, 1.165) is 24.0 Å². The third kappa shape index (κ3) is 5.22. The highest BCUT2D eigenvalue weighted by Crippen LogP contribution is 2.28. The van der Waals surface area contributed by atoms with Crippen molar-refractivity contribution in [1.82, 2.24) is 5.32 Å². The molecule has 0 heterocycles. The van der Waals surface area contributed by atoms with E-state index < -0.39 is 24.0 Å². The Morgan fingerprint density at radius 3 is 2.58 bits per heavy atom. The van der Waals surface area contributed by atoms with Gasteiger partial charge in [-0.2, -0.15) is 5.26 Å². The quantitative estimate of drug-likeness (QED) is 0.757. The minimum absolute atomic E-state index is 0.265. The van der Waals surface area contributed by atoms with E-state index in [1.54, 1.807) is 0 Å². The molecule has 0 aromatic heterocycles. The largest absolute Gasteiger partial charge is 0.482 e. The number of nitrogens with zero attached hydrogens (tertiary/aromatic N) is 1. The number of aryl methyl sites for hydroxylation is 1. The van der Waals surface area contributed by atoms with Crippen LogP contribution in [0, 0.1) is 18.3 Å². The van der Waals surface area contributed by atoms with Crippen LogP contribution in [0.3, 0.4) is 0 Å². The zero-order chi connectivity index (χ0) is 19.2. The second kappa shape index (κ2) is 8.70. The first kappa shape index (κ1) is 19.8. The molecule has 1 aliphatic carbocycles. The van der Waals surface area contributed by atoms with Gasteiger partial charge in [0.15, 0.2) is 13.2 Å². The Balaban J connectivity index is 1.80. The van der Waals surface area contributed by atoms with Crippen molar-refractivity contribution in [2.24, 2.45) is 0 Å². The number of amides is 1. The standard InChI is InChI=1S/C20H26N2O4/c1-14(2)16-7-6-15(3)17(10-16)25-12-19(24)26-11-18(23)22-20(13-21)8-4-5-9-20/h6-7,10,14H,4-5,8-9,11-12H2,1-3H3,(H,22,23). The minimum Gasteiger partial charge on any atom is -0.482 e. The van der Waals surface area contributed by atoms with Crippen molar-refractivity contribution in [3.8, 4) is 11.8 Å². The van der Waals surface area contributed by atoms with Crippen molar-refractivity contribution in [2.45, 2.75) is 57.9 Å². The number of carbonyl (C=O) groups is 2. The van der Waals surface area contributed by atoms with Crippen molar-refractivity contribution in [3.63, 3.8) is 0 Å². The first-order valence-electron chi connectivity index (χ1n) is 8.96. The molecule has 0 aliphatic heterocycles. The topological polar surface area (TPSA) is 88.4 Å². The highest BCUT2D eigenvalue weighted by atomic mass is 16.6. The summed E-state index contributed by atoms with van der Waals surface area (Å²) in [6, 6.07) is 8.06. The average molecular weight is 358 g/mol. The van der Waals surface area contributed by atoms with Crippen LogP contribution in [0.25, 0.3) is 0 Å². The van der Waals surface area contributed by atoms with Crippen molar-refractivity contribution < 1.29 is 19.1 Å². The van der Waals surface area contributed by atoms with Crippen LogP contribution in [-0.4, -0.2) is 30.6 Å². The van der Waals surface area contributed by atoms with Crippen molar-refractivity contribution in [3.05, 3.63) is 29.3 Å². The van der Waals surface area contributed by atoms with Gasteiger partial charge in [0.25, 0.3) is 5.91 Å². The first-order chi connectivity index (χ1) is 12.3. The summed E-state index contributed by atoms with van der Waals surface area (Å²) in [5, 5.41) is 11.9. The normalized spacial score (nSPS) is 15.3. The lowest BCUT2D eigenvalue weighted by atomic mass is 10.00. The molecule has 1 saturated carbocycles. The molecule has 1 N–H and O–H groups in total. The number of ether oxygens (including phenoxy) is 2. The summed E-state index contributed by atoms with van der Waals surface area (Å²) in [7, 11) is 0. The van der Waals surface area contributed by atoms with Gasteiger partial charge < -0.3 is 14.8 Å². The molecule has 6 heteroatoms. The Morgan fingerprint density at radius 1 is 1.27 bits per heavy atom. The Kier molecular flexibility index (Phi) is 6.62. The fourth-order valence-electron chi connectivity index (χ4n) is 3.00. The number of rotatable bonds is 7. The molecule has 0 saturated heterocycles. The third-order valence-corrected chi connectivity index (χ3v) is 4.64. The average Bonchev–Trinajstić information content (AvgIpc) is 3.08. The maximum atomic E-state index is 11.9. The number of hydrogen-bond acceptors (Lipinski definition) is 5. The lowest BCUT2D eigenvalue weighted by Gasteiger charge is -2.21. The van der Waals surface area contributed by atoms with Gasteiger partial charge in [-0.3, -0.25) is 4.79 Å². The maximum absolute atomic E-state index is 11.9. The van der Waals surface area contributed by atoms with Crippen LogP contribution in [0.4, 0.5) is 0 Å². The Morgan fingerprint density at radius 2 is 1.96 bits per heavy atom. The molecule has 0 radical (unpaired) electrons. The van der Waals surface area contributed by atoms with Crippen molar-refractivity contribution in [2.75, 3.05) is 13.2 Å². The zero-order valence-corrected chi connectivity index (χ0v) is 15.6. The third-order valence-electron chi connectivity index (χ3n) is 4.64. The van der Waals surface area contributed by atoms with Gasteiger partial charge in [-0.05, 0) is 55.7 Å². The molecular formula is C20H26N2O4. The number of carbonyl (C=O) groups excluding carboxylic acids is 2. The second-order valence-corrected chi connectivity index (χ2v) is 7.08. The Hall–Kier alpha value is -2.55. The minimum atomic E-state index is -0.811. The van der Waals surface area contributed by atoms with Gasteiger partial charge in [0.1, 0.15) is 11.3 Å². The first-order valence-corrected chi connectivity index (χ1v) is 8.96. The van der Waals surface area contributed by atoms with E-state index in [9.17, 15) is 14.9 Å². The number of nitriles is 1. The summed E-state index contributed by atoms with van der Waals surface area (Å²) in [5.41, 5.74) is 1.24. The van der Waals surface area contributed by atoms with Crippen LogP contribution in [0.15, 0.2) is 18.2 Å². The number of hydrogen-bond donors (Lipinski definition) is 1. The highest BCUT2D eigenvalue weighted by molar-refractivity contribution is 5.81. The molecule has 0 spiro atoms. The molecule has 1 fully saturated rings. The van der Waals surface area contributed by atoms with Crippen LogP contribution in [-0.2, 0) is 14.3 Å². The lowest BCUT2D eigenvalue weighted by Crippen LogP contribution is -2.46. The smallest absolute Gasteiger partial charge is 0.344 e. The van der Waals surface area contributed by atoms with Gasteiger partial charge in [-0.25, -0.2) is 4.79 Å². The summed E-state index contributed by atoms with van der Waals surface area (Å²) in [5.74, 6) is -0.0876. The van der Waals surface area contributed by atoms with Crippen LogP contribution >= 0.6 is 0 Å². The SMILES string of the molecule is Cc1ccc(C(C)C)cc1OCC(=O)OCC(=O)NC1(C#N)CCCC1. The van der Waals surface area contributed by atoms with Crippen LogP contribution in [0.1, 0.15) is 56.6 Å². The lowest BCUT2D eigenvalue weighted by molar-refractivity contribution is -0.150. The molecule has 1 aromatic carbocycles. The van der Waals surface area contributed by atoms with E-state index in [1.807, 2.05) is 25.1 Å². The molecule has 1 amide bonds. The van der Waals surface area contributed by atoms with Gasteiger partial charge in [0.2, 0.25) is 0 Å². The predicted octanol–water partition coefficient (Wildman–Crippen LogP) is 2.99. The number of benzene rings is 1. The van der Waals surface area contributed by atoms with E-state index in [4.69, 9.17) is 9.47 Å². The molecule has 26 heavy (non-hydrogen) atoms. The van der Waals surface area contributed by atoms with Crippen molar-refractivity contribution in [1.29, 1.82) is 5.26 Å². The van der Waals surface area contributed by atoms with E-state index >= 15 is 0 Å². The van der Waals surface area contributed by atoms with Gasteiger partial charge in [-0.15, -0.1) is 0 Å². The van der Waals surface area contributed by atoms with Crippen LogP contribution < -0.4 is 10.1 Å². The van der Waals surface area contributed by atoms with Gasteiger partial charge >= 0.3 is 5.97 Å².